The van der Waals surface area contributed by atoms with E-state index in [9.17, 15) is 24.6 Å². The second-order valence-electron chi connectivity index (χ2n) is 8.72. The molecule has 0 aromatic heterocycles. The average molecular weight is 502 g/mol. The molecular formula is C29H27NO7. The third kappa shape index (κ3) is 5.18. The van der Waals surface area contributed by atoms with Gasteiger partial charge in [0.1, 0.15) is 17.3 Å². The maximum atomic E-state index is 13.3. The zero-order valence-corrected chi connectivity index (χ0v) is 20.7. The number of ether oxygens (including phenoxy) is 2. The van der Waals surface area contributed by atoms with E-state index in [1.165, 1.54) is 41.3 Å². The van der Waals surface area contributed by atoms with E-state index in [2.05, 4.69) is 0 Å². The molecular weight excluding hydrogens is 474 g/mol. The van der Waals surface area contributed by atoms with Crippen molar-refractivity contribution >= 4 is 29.1 Å². The van der Waals surface area contributed by atoms with Crippen molar-refractivity contribution in [1.82, 2.24) is 0 Å². The van der Waals surface area contributed by atoms with Crippen LogP contribution in [0.5, 0.6) is 11.5 Å². The number of ketones is 1. The van der Waals surface area contributed by atoms with Gasteiger partial charge in [-0.2, -0.15) is 0 Å². The first-order chi connectivity index (χ1) is 17.7. The maximum Gasteiger partial charge on any atom is 0.338 e. The largest absolute Gasteiger partial charge is 0.508 e. The minimum atomic E-state index is -1.02. The van der Waals surface area contributed by atoms with E-state index in [1.807, 2.05) is 13.8 Å². The highest BCUT2D eigenvalue weighted by atomic mass is 16.5. The lowest BCUT2D eigenvalue weighted by molar-refractivity contribution is -0.132. The number of aliphatic hydroxyl groups is 1. The van der Waals surface area contributed by atoms with E-state index in [0.717, 1.165) is 0 Å². The number of phenols is 1. The van der Waals surface area contributed by atoms with Gasteiger partial charge in [-0.15, -0.1) is 0 Å². The van der Waals surface area contributed by atoms with Gasteiger partial charge in [-0.25, -0.2) is 4.79 Å². The Kier molecular flexibility index (Phi) is 7.29. The number of carbonyl (C=O) groups is 3. The van der Waals surface area contributed by atoms with Crippen molar-refractivity contribution in [1.29, 1.82) is 0 Å². The van der Waals surface area contributed by atoms with Crippen LogP contribution in [-0.2, 0) is 14.3 Å². The number of Topliss-reactive ketones (excluding diaryl/α,β-unsaturated/α-hetero) is 1. The quantitative estimate of drug-likeness (QED) is 0.203. The van der Waals surface area contributed by atoms with Gasteiger partial charge in [0.05, 0.1) is 29.9 Å². The molecule has 1 unspecified atom stereocenters. The maximum absolute atomic E-state index is 13.3. The normalized spacial score (nSPS) is 16.8. The van der Waals surface area contributed by atoms with E-state index in [4.69, 9.17) is 9.47 Å². The van der Waals surface area contributed by atoms with E-state index in [0.29, 0.717) is 28.1 Å². The van der Waals surface area contributed by atoms with Gasteiger partial charge in [0, 0.05) is 11.3 Å². The predicted molar refractivity (Wildman–Crippen MR) is 137 cm³/mol. The molecule has 1 amide bonds. The van der Waals surface area contributed by atoms with Gasteiger partial charge in [0.15, 0.2) is 0 Å². The topological polar surface area (TPSA) is 113 Å². The summed E-state index contributed by atoms with van der Waals surface area (Å²) in [5, 5.41) is 21.4. The number of benzene rings is 3. The summed E-state index contributed by atoms with van der Waals surface area (Å²) in [5.41, 5.74) is 1.26. The van der Waals surface area contributed by atoms with Crippen molar-refractivity contribution < 1.29 is 34.1 Å². The minimum Gasteiger partial charge on any atom is -0.508 e. The Morgan fingerprint density at radius 1 is 0.973 bits per heavy atom. The van der Waals surface area contributed by atoms with Gasteiger partial charge in [0.25, 0.3) is 11.7 Å². The van der Waals surface area contributed by atoms with E-state index in [-0.39, 0.29) is 29.8 Å². The van der Waals surface area contributed by atoms with Crippen molar-refractivity contribution in [3.8, 4) is 11.5 Å². The standard InChI is InChI=1S/C29H27NO7/c1-4-36-29(35)19-8-12-21(13-9-19)30-25(20-6-5-7-22(31)16-20)24(27(33)28(30)34)26(32)18-10-14-23(15-11-18)37-17(2)3/h5-17,25,31-32H,4H2,1-3H3/b26-24+. The van der Waals surface area contributed by atoms with Crippen LogP contribution in [0.2, 0.25) is 0 Å². The third-order valence-electron chi connectivity index (χ3n) is 5.79. The number of aromatic hydroxyl groups is 1. The third-order valence-corrected chi connectivity index (χ3v) is 5.79. The highest BCUT2D eigenvalue weighted by Crippen LogP contribution is 2.43. The number of hydrogen-bond acceptors (Lipinski definition) is 7. The van der Waals surface area contributed by atoms with Crippen LogP contribution in [0.1, 0.15) is 48.3 Å². The highest BCUT2D eigenvalue weighted by molar-refractivity contribution is 6.51. The number of amides is 1. The molecule has 190 valence electrons. The summed E-state index contributed by atoms with van der Waals surface area (Å²) in [4.78, 5) is 39.9. The molecule has 2 N–H and O–H groups in total. The molecule has 4 rings (SSSR count). The van der Waals surface area contributed by atoms with Crippen LogP contribution in [0, 0.1) is 0 Å². The van der Waals surface area contributed by atoms with Crippen LogP contribution in [0.4, 0.5) is 5.69 Å². The number of anilines is 1. The fourth-order valence-corrected chi connectivity index (χ4v) is 4.20. The number of phenolic OH excluding ortho intramolecular Hbond substituents is 1. The van der Waals surface area contributed by atoms with Crippen LogP contribution in [0.25, 0.3) is 5.76 Å². The molecule has 0 aliphatic carbocycles. The fraction of sp³-hybridized carbons (Fsp3) is 0.207. The summed E-state index contributed by atoms with van der Waals surface area (Å²) in [7, 11) is 0. The number of nitrogens with zero attached hydrogens (tertiary/aromatic N) is 1. The van der Waals surface area contributed by atoms with E-state index in [1.54, 1.807) is 43.3 Å². The van der Waals surface area contributed by atoms with E-state index < -0.39 is 23.7 Å². The molecule has 0 bridgehead atoms. The zero-order valence-electron chi connectivity index (χ0n) is 20.7. The molecule has 1 heterocycles. The Morgan fingerprint density at radius 3 is 2.22 bits per heavy atom. The molecule has 0 spiro atoms. The molecule has 1 atom stereocenters. The Balaban J connectivity index is 1.82. The lowest BCUT2D eigenvalue weighted by atomic mass is 9.95. The number of carbonyl (C=O) groups excluding carboxylic acids is 3. The fourth-order valence-electron chi connectivity index (χ4n) is 4.20. The number of rotatable bonds is 7. The molecule has 3 aromatic rings. The number of esters is 1. The van der Waals surface area contributed by atoms with Gasteiger partial charge in [-0.05, 0) is 87.0 Å². The molecule has 1 saturated heterocycles. The lowest BCUT2D eigenvalue weighted by Gasteiger charge is -2.25. The van der Waals surface area contributed by atoms with Gasteiger partial charge in [0.2, 0.25) is 0 Å². The van der Waals surface area contributed by atoms with Gasteiger partial charge in [-0.1, -0.05) is 12.1 Å². The molecule has 1 aliphatic rings. The van der Waals surface area contributed by atoms with Crippen LogP contribution in [0.3, 0.4) is 0 Å². The van der Waals surface area contributed by atoms with Crippen molar-refractivity contribution in [3.05, 3.63) is 95.1 Å². The second kappa shape index (κ2) is 10.6. The summed E-state index contributed by atoms with van der Waals surface area (Å²) >= 11 is 0. The summed E-state index contributed by atoms with van der Waals surface area (Å²) < 4.78 is 10.7. The number of aliphatic hydroxyl groups excluding tert-OH is 1. The number of hydrogen-bond donors (Lipinski definition) is 2. The molecule has 0 radical (unpaired) electrons. The highest BCUT2D eigenvalue weighted by Gasteiger charge is 2.47. The van der Waals surface area contributed by atoms with Crippen LogP contribution in [-0.4, -0.2) is 40.6 Å². The van der Waals surface area contributed by atoms with Gasteiger partial charge >= 0.3 is 5.97 Å². The van der Waals surface area contributed by atoms with Crippen LogP contribution < -0.4 is 9.64 Å². The molecule has 8 nitrogen and oxygen atoms in total. The predicted octanol–water partition coefficient (Wildman–Crippen LogP) is 4.98. The summed E-state index contributed by atoms with van der Waals surface area (Å²) in [6.45, 7) is 5.71. The van der Waals surface area contributed by atoms with Crippen LogP contribution >= 0.6 is 0 Å². The first-order valence-corrected chi connectivity index (χ1v) is 11.9. The first kappa shape index (κ1) is 25.5. The van der Waals surface area contributed by atoms with Crippen molar-refractivity contribution in [3.63, 3.8) is 0 Å². The summed E-state index contributed by atoms with van der Waals surface area (Å²) in [5.74, 6) is -2.05. The second-order valence-corrected chi connectivity index (χ2v) is 8.72. The Hall–Kier alpha value is -4.59. The molecule has 1 fully saturated rings. The Labute approximate surface area is 214 Å². The molecule has 1 aliphatic heterocycles. The van der Waals surface area contributed by atoms with Crippen molar-refractivity contribution in [2.45, 2.75) is 32.9 Å². The summed E-state index contributed by atoms with van der Waals surface area (Å²) in [6.07, 6.45) is -0.0363. The average Bonchev–Trinajstić information content (AvgIpc) is 3.14. The van der Waals surface area contributed by atoms with E-state index >= 15 is 0 Å². The molecule has 0 saturated carbocycles. The monoisotopic (exact) mass is 501 g/mol. The lowest BCUT2D eigenvalue weighted by Crippen LogP contribution is -2.29. The smallest absolute Gasteiger partial charge is 0.338 e. The van der Waals surface area contributed by atoms with Crippen molar-refractivity contribution in [2.24, 2.45) is 0 Å². The SMILES string of the molecule is CCOC(=O)c1ccc(N2C(=O)C(=O)/C(=C(/O)c3ccc(OC(C)C)cc3)C2c2cccc(O)c2)cc1. The Morgan fingerprint density at radius 2 is 1.62 bits per heavy atom. The van der Waals surface area contributed by atoms with Crippen LogP contribution in [0.15, 0.2) is 78.4 Å². The first-order valence-electron chi connectivity index (χ1n) is 11.9. The van der Waals surface area contributed by atoms with Gasteiger partial charge < -0.3 is 19.7 Å². The molecule has 37 heavy (non-hydrogen) atoms. The van der Waals surface area contributed by atoms with Gasteiger partial charge in [-0.3, -0.25) is 14.5 Å². The molecule has 8 heteroatoms. The van der Waals surface area contributed by atoms with Crippen molar-refractivity contribution in [2.75, 3.05) is 11.5 Å². The Bertz CT molecular complexity index is 1360. The molecule has 3 aromatic carbocycles. The minimum absolute atomic E-state index is 0.0363. The summed E-state index contributed by atoms with van der Waals surface area (Å²) in [6, 6.07) is 17.7. The zero-order chi connectivity index (χ0) is 26.7.